The van der Waals surface area contributed by atoms with Crippen LogP contribution in [-0.2, 0) is 0 Å². The van der Waals surface area contributed by atoms with Gasteiger partial charge in [0, 0.05) is 13.0 Å². The average Bonchev–Trinajstić information content (AvgIpc) is 2.28. The quantitative estimate of drug-likeness (QED) is 0.698. The van der Waals surface area contributed by atoms with Gasteiger partial charge in [-0.3, -0.25) is 4.99 Å². The first-order valence-corrected chi connectivity index (χ1v) is 5.90. The highest BCUT2D eigenvalue weighted by molar-refractivity contribution is 6.12. The van der Waals surface area contributed by atoms with Crippen LogP contribution in [0.15, 0.2) is 52.7 Å². The molecule has 0 saturated carbocycles. The monoisotopic (exact) mass is 212 g/mol. The number of nitrogens with zero attached hydrogens (tertiary/aromatic N) is 1. The van der Waals surface area contributed by atoms with Crippen LogP contribution in [0, 0.1) is 5.92 Å². The lowest BCUT2D eigenvalue weighted by Gasteiger charge is -2.36. The van der Waals surface area contributed by atoms with Crippen molar-refractivity contribution < 1.29 is 0 Å². The Labute approximate surface area is 96.2 Å². The van der Waals surface area contributed by atoms with Crippen LogP contribution < -0.4 is 5.32 Å². The SMILES string of the molecule is CN/C=C\C1=NC2C=C[C@H]2C2=C1C=CCC2. The standard InChI is InChI=1S/C14H16N2/c1-15-9-8-14-11-5-3-2-4-10(11)12-6-7-13(12)16-14/h3,5-9,12-13,15H,2,4H2,1H3/b9-8-/t12-,13?/m0/s1. The summed E-state index contributed by atoms with van der Waals surface area (Å²) in [6, 6.07) is 0.404. The largest absolute Gasteiger partial charge is 0.394 e. The molecular weight excluding hydrogens is 196 g/mol. The van der Waals surface area contributed by atoms with Gasteiger partial charge in [0.05, 0.1) is 11.8 Å². The molecule has 0 aromatic carbocycles. The van der Waals surface area contributed by atoms with Crippen LogP contribution in [0.2, 0.25) is 0 Å². The number of nitrogens with one attached hydrogen (secondary N) is 1. The van der Waals surface area contributed by atoms with Gasteiger partial charge in [-0.1, -0.05) is 29.9 Å². The molecule has 2 nitrogen and oxygen atoms in total. The van der Waals surface area contributed by atoms with E-state index < -0.39 is 0 Å². The minimum Gasteiger partial charge on any atom is -0.394 e. The summed E-state index contributed by atoms with van der Waals surface area (Å²) in [6.07, 6.45) is 15.4. The lowest BCUT2D eigenvalue weighted by Crippen LogP contribution is -2.32. The van der Waals surface area contributed by atoms with Gasteiger partial charge in [0.15, 0.2) is 0 Å². The van der Waals surface area contributed by atoms with Crippen LogP contribution in [0.25, 0.3) is 0 Å². The predicted octanol–water partition coefficient (Wildman–Crippen LogP) is 2.38. The van der Waals surface area contributed by atoms with Gasteiger partial charge in [-0.05, 0) is 30.7 Å². The van der Waals surface area contributed by atoms with Gasteiger partial charge in [-0.15, -0.1) is 0 Å². The average molecular weight is 212 g/mol. The first kappa shape index (κ1) is 9.64. The number of dihydropyridines is 1. The Morgan fingerprint density at radius 3 is 3.12 bits per heavy atom. The highest BCUT2D eigenvalue weighted by Gasteiger charge is 2.33. The molecule has 0 fully saturated rings. The van der Waals surface area contributed by atoms with Crippen molar-refractivity contribution in [3.63, 3.8) is 0 Å². The maximum Gasteiger partial charge on any atom is 0.0787 e. The minimum atomic E-state index is 0.404. The van der Waals surface area contributed by atoms with Crippen molar-refractivity contribution in [2.75, 3.05) is 7.05 Å². The molecule has 0 saturated heterocycles. The van der Waals surface area contributed by atoms with E-state index in [4.69, 9.17) is 4.99 Å². The lowest BCUT2D eigenvalue weighted by atomic mass is 9.74. The fourth-order valence-corrected chi connectivity index (χ4v) is 2.57. The van der Waals surface area contributed by atoms with Gasteiger partial charge in [-0.2, -0.15) is 0 Å². The Hall–Kier alpha value is -1.57. The summed E-state index contributed by atoms with van der Waals surface area (Å²) in [4.78, 5) is 4.77. The molecule has 0 aromatic rings. The smallest absolute Gasteiger partial charge is 0.0787 e. The summed E-state index contributed by atoms with van der Waals surface area (Å²) in [7, 11) is 1.91. The van der Waals surface area contributed by atoms with Crippen molar-refractivity contribution in [1.82, 2.24) is 5.32 Å². The third kappa shape index (κ3) is 1.37. The number of rotatable bonds is 2. The van der Waals surface area contributed by atoms with E-state index in [0.29, 0.717) is 12.0 Å². The number of fused-ring (bicyclic) bond motifs is 2. The van der Waals surface area contributed by atoms with E-state index in [0.717, 1.165) is 5.71 Å². The van der Waals surface area contributed by atoms with Gasteiger partial charge >= 0.3 is 0 Å². The summed E-state index contributed by atoms with van der Waals surface area (Å²) in [5.74, 6) is 0.590. The van der Waals surface area contributed by atoms with Crippen molar-refractivity contribution in [3.8, 4) is 0 Å². The normalized spacial score (nSPS) is 30.9. The molecule has 0 aromatic heterocycles. The molecule has 1 unspecified atom stereocenters. The maximum atomic E-state index is 4.77. The molecule has 0 amide bonds. The molecule has 3 aliphatic rings. The molecule has 0 bridgehead atoms. The maximum absolute atomic E-state index is 4.77. The molecule has 3 rings (SSSR count). The van der Waals surface area contributed by atoms with E-state index in [1.54, 1.807) is 5.57 Å². The van der Waals surface area contributed by atoms with Gasteiger partial charge in [0.2, 0.25) is 0 Å². The molecule has 0 spiro atoms. The zero-order valence-corrected chi connectivity index (χ0v) is 9.48. The van der Waals surface area contributed by atoms with E-state index in [2.05, 4.69) is 35.7 Å². The van der Waals surface area contributed by atoms with Crippen molar-refractivity contribution in [1.29, 1.82) is 0 Å². The van der Waals surface area contributed by atoms with Crippen LogP contribution in [0.4, 0.5) is 0 Å². The molecule has 2 heteroatoms. The summed E-state index contributed by atoms with van der Waals surface area (Å²) in [5, 5.41) is 3.03. The van der Waals surface area contributed by atoms with E-state index in [-0.39, 0.29) is 0 Å². The van der Waals surface area contributed by atoms with Crippen LogP contribution in [-0.4, -0.2) is 18.8 Å². The second-order valence-corrected chi connectivity index (χ2v) is 4.42. The van der Waals surface area contributed by atoms with Crippen molar-refractivity contribution in [3.05, 3.63) is 47.7 Å². The van der Waals surface area contributed by atoms with Gasteiger partial charge < -0.3 is 5.32 Å². The van der Waals surface area contributed by atoms with E-state index in [9.17, 15) is 0 Å². The van der Waals surface area contributed by atoms with Crippen LogP contribution in [0.1, 0.15) is 12.8 Å². The predicted molar refractivity (Wildman–Crippen MR) is 67.5 cm³/mol. The summed E-state index contributed by atoms with van der Waals surface area (Å²) in [5.41, 5.74) is 4.06. The lowest BCUT2D eigenvalue weighted by molar-refractivity contribution is 0.567. The molecule has 1 aliphatic heterocycles. The Morgan fingerprint density at radius 2 is 2.38 bits per heavy atom. The number of hydrogen-bond acceptors (Lipinski definition) is 2. The van der Waals surface area contributed by atoms with Crippen molar-refractivity contribution in [2.45, 2.75) is 18.9 Å². The van der Waals surface area contributed by atoms with Gasteiger partial charge in [0.1, 0.15) is 0 Å². The second-order valence-electron chi connectivity index (χ2n) is 4.42. The molecule has 1 heterocycles. The highest BCUT2D eigenvalue weighted by Crippen LogP contribution is 2.39. The molecular formula is C14H16N2. The number of hydrogen-bond donors (Lipinski definition) is 1. The highest BCUT2D eigenvalue weighted by atomic mass is 14.8. The van der Waals surface area contributed by atoms with Crippen molar-refractivity contribution >= 4 is 5.71 Å². The molecule has 0 radical (unpaired) electrons. The topological polar surface area (TPSA) is 24.4 Å². The fourth-order valence-electron chi connectivity index (χ4n) is 2.57. The first-order chi connectivity index (χ1) is 7.90. The van der Waals surface area contributed by atoms with Gasteiger partial charge in [0.25, 0.3) is 0 Å². The first-order valence-electron chi connectivity index (χ1n) is 5.90. The zero-order chi connectivity index (χ0) is 11.0. The van der Waals surface area contributed by atoms with Crippen molar-refractivity contribution in [2.24, 2.45) is 10.9 Å². The number of allylic oxidation sites excluding steroid dienone is 4. The Balaban J connectivity index is 2.01. The van der Waals surface area contributed by atoms with E-state index in [1.807, 2.05) is 13.2 Å². The van der Waals surface area contributed by atoms with E-state index >= 15 is 0 Å². The third-order valence-corrected chi connectivity index (χ3v) is 3.47. The second kappa shape index (κ2) is 3.78. The molecule has 82 valence electrons. The summed E-state index contributed by atoms with van der Waals surface area (Å²) < 4.78 is 0. The van der Waals surface area contributed by atoms with Gasteiger partial charge in [-0.25, -0.2) is 0 Å². The third-order valence-electron chi connectivity index (χ3n) is 3.47. The Bertz CT molecular complexity index is 449. The Kier molecular flexibility index (Phi) is 2.28. The van der Waals surface area contributed by atoms with Crippen LogP contribution in [0.5, 0.6) is 0 Å². The van der Waals surface area contributed by atoms with E-state index in [1.165, 1.54) is 18.4 Å². The molecule has 2 aliphatic carbocycles. The molecule has 16 heavy (non-hydrogen) atoms. The summed E-state index contributed by atoms with van der Waals surface area (Å²) >= 11 is 0. The zero-order valence-electron chi connectivity index (χ0n) is 9.48. The van der Waals surface area contributed by atoms with Crippen LogP contribution in [0.3, 0.4) is 0 Å². The number of aliphatic imine (C=N–C) groups is 1. The minimum absolute atomic E-state index is 0.404. The fraction of sp³-hybridized carbons (Fsp3) is 0.357. The Morgan fingerprint density at radius 1 is 1.44 bits per heavy atom. The van der Waals surface area contributed by atoms with Crippen LogP contribution >= 0.6 is 0 Å². The molecule has 2 atom stereocenters. The molecule has 1 N–H and O–H groups in total. The summed E-state index contributed by atoms with van der Waals surface area (Å²) in [6.45, 7) is 0.